The van der Waals surface area contributed by atoms with Gasteiger partial charge in [-0.1, -0.05) is 6.92 Å². The van der Waals surface area contributed by atoms with Crippen molar-refractivity contribution in [3.8, 4) is 0 Å². The van der Waals surface area contributed by atoms with Crippen molar-refractivity contribution in [1.29, 1.82) is 0 Å². The van der Waals surface area contributed by atoms with E-state index in [1.165, 1.54) is 12.0 Å². The summed E-state index contributed by atoms with van der Waals surface area (Å²) in [4.78, 5) is 0. The normalized spacial score (nSPS) is 45.8. The van der Waals surface area contributed by atoms with Gasteiger partial charge in [0.15, 0.2) is 0 Å². The van der Waals surface area contributed by atoms with Gasteiger partial charge in [0.2, 0.25) is 0 Å². The van der Waals surface area contributed by atoms with Gasteiger partial charge in [-0.3, -0.25) is 0 Å². The van der Waals surface area contributed by atoms with E-state index >= 15 is 0 Å². The zero-order valence-corrected chi connectivity index (χ0v) is 8.15. The minimum absolute atomic E-state index is 0.0908. The minimum atomic E-state index is -0.221. The lowest BCUT2D eigenvalue weighted by molar-refractivity contribution is 0.0582. The first-order chi connectivity index (χ1) is 5.08. The number of aliphatic hydroxyl groups is 1. The number of aliphatic hydroxyl groups excluding tert-OH is 1. The Morgan fingerprint density at radius 1 is 1.73 bits per heavy atom. The average molecular weight is 176 g/mol. The Kier molecular flexibility index (Phi) is 2.84. The average Bonchev–Trinajstić information content (AvgIpc) is 1.98. The van der Waals surface area contributed by atoms with Gasteiger partial charge in [-0.05, 0) is 20.3 Å². The van der Waals surface area contributed by atoms with Crippen molar-refractivity contribution >= 4 is 12.0 Å². The monoisotopic (exact) mass is 176 g/mol. The van der Waals surface area contributed by atoms with E-state index in [9.17, 15) is 5.11 Å². The zero-order valence-electron chi connectivity index (χ0n) is 7.33. The quantitative estimate of drug-likeness (QED) is 0.619. The summed E-state index contributed by atoms with van der Waals surface area (Å²) in [6.45, 7) is 6.12. The van der Waals surface area contributed by atoms with E-state index in [-0.39, 0.29) is 17.0 Å². The Morgan fingerprint density at radius 2 is 2.36 bits per heavy atom. The van der Waals surface area contributed by atoms with E-state index in [2.05, 4.69) is 6.92 Å². The van der Waals surface area contributed by atoms with E-state index in [1.54, 1.807) is 0 Å². The molecule has 0 unspecified atom stereocenters. The molecule has 11 heavy (non-hydrogen) atoms. The van der Waals surface area contributed by atoms with Crippen LogP contribution in [0.1, 0.15) is 33.6 Å². The van der Waals surface area contributed by atoms with Crippen molar-refractivity contribution in [3.63, 3.8) is 0 Å². The predicted molar refractivity (Wildman–Crippen MR) is 47.5 cm³/mol. The van der Waals surface area contributed by atoms with Crippen LogP contribution in [0.3, 0.4) is 0 Å². The fourth-order valence-electron chi connectivity index (χ4n) is 1.15. The summed E-state index contributed by atoms with van der Waals surface area (Å²) in [5.41, 5.74) is 0. The molecule has 0 aliphatic carbocycles. The Morgan fingerprint density at radius 3 is 2.82 bits per heavy atom. The van der Waals surface area contributed by atoms with Gasteiger partial charge in [0.1, 0.15) is 0 Å². The summed E-state index contributed by atoms with van der Waals surface area (Å²) in [6, 6.07) is 0. The SMILES string of the molecule is CC[C@]1(C)SO[C@@H](C)C[C@H]1O. The molecule has 0 aromatic heterocycles. The molecule has 3 atom stereocenters. The summed E-state index contributed by atoms with van der Waals surface area (Å²) in [7, 11) is 0. The van der Waals surface area contributed by atoms with Crippen molar-refractivity contribution < 1.29 is 9.29 Å². The minimum Gasteiger partial charge on any atom is -0.392 e. The highest BCUT2D eigenvalue weighted by atomic mass is 32.2. The van der Waals surface area contributed by atoms with Crippen molar-refractivity contribution in [1.82, 2.24) is 0 Å². The number of rotatable bonds is 1. The van der Waals surface area contributed by atoms with Crippen molar-refractivity contribution in [3.05, 3.63) is 0 Å². The van der Waals surface area contributed by atoms with E-state index in [1.807, 2.05) is 13.8 Å². The van der Waals surface area contributed by atoms with Crippen LogP contribution in [0.4, 0.5) is 0 Å². The fourth-order valence-corrected chi connectivity index (χ4v) is 1.93. The van der Waals surface area contributed by atoms with Crippen LogP contribution >= 0.6 is 12.0 Å². The first-order valence-electron chi connectivity index (χ1n) is 4.11. The molecule has 1 fully saturated rings. The molecule has 66 valence electrons. The molecule has 3 heteroatoms. The second-order valence-electron chi connectivity index (χ2n) is 3.41. The first-order valence-corrected chi connectivity index (χ1v) is 4.85. The highest BCUT2D eigenvalue weighted by Gasteiger charge is 2.38. The van der Waals surface area contributed by atoms with Gasteiger partial charge in [0, 0.05) is 18.5 Å². The first kappa shape index (κ1) is 9.36. The van der Waals surface area contributed by atoms with Crippen LogP contribution < -0.4 is 0 Å². The van der Waals surface area contributed by atoms with Crippen molar-refractivity contribution in [2.75, 3.05) is 0 Å². The molecule has 1 aliphatic rings. The molecule has 1 aliphatic heterocycles. The smallest absolute Gasteiger partial charge is 0.0731 e. The van der Waals surface area contributed by atoms with Crippen molar-refractivity contribution in [2.24, 2.45) is 0 Å². The van der Waals surface area contributed by atoms with Gasteiger partial charge < -0.3 is 9.29 Å². The van der Waals surface area contributed by atoms with Crippen LogP contribution in [-0.2, 0) is 4.18 Å². The molecule has 1 saturated heterocycles. The molecule has 0 amide bonds. The van der Waals surface area contributed by atoms with Gasteiger partial charge in [0.25, 0.3) is 0 Å². The van der Waals surface area contributed by atoms with Gasteiger partial charge in [-0.25, -0.2) is 0 Å². The van der Waals surface area contributed by atoms with Crippen LogP contribution in [0.2, 0.25) is 0 Å². The maximum absolute atomic E-state index is 9.70. The standard InChI is InChI=1S/C8H16O2S/c1-4-8(3)7(9)5-6(2)10-11-8/h6-7,9H,4-5H2,1-3H3/t6-,7+,8-/m0/s1. The molecule has 0 aromatic rings. The zero-order chi connectivity index (χ0) is 8.48. The van der Waals surface area contributed by atoms with Crippen LogP contribution in [0.5, 0.6) is 0 Å². The van der Waals surface area contributed by atoms with Crippen LogP contribution in [0, 0.1) is 0 Å². The Labute approximate surface area is 72.5 Å². The molecule has 0 spiro atoms. The fraction of sp³-hybridized carbons (Fsp3) is 1.00. The van der Waals surface area contributed by atoms with Gasteiger partial charge >= 0.3 is 0 Å². The molecule has 2 nitrogen and oxygen atoms in total. The topological polar surface area (TPSA) is 29.5 Å². The third-order valence-corrected chi connectivity index (χ3v) is 3.73. The molecule has 0 aromatic carbocycles. The Hall–Kier alpha value is 0.270. The molecule has 1 heterocycles. The van der Waals surface area contributed by atoms with Crippen LogP contribution in [-0.4, -0.2) is 22.1 Å². The van der Waals surface area contributed by atoms with Crippen molar-refractivity contribution in [2.45, 2.75) is 50.6 Å². The number of hydrogen-bond acceptors (Lipinski definition) is 3. The molecular weight excluding hydrogens is 160 g/mol. The summed E-state index contributed by atoms with van der Waals surface area (Å²) in [5.74, 6) is 0. The predicted octanol–water partition coefficient (Wildman–Crippen LogP) is 1.97. The Balaban J connectivity index is 2.56. The second kappa shape index (κ2) is 3.33. The maximum atomic E-state index is 9.70. The molecular formula is C8H16O2S. The second-order valence-corrected chi connectivity index (χ2v) is 4.70. The van der Waals surface area contributed by atoms with Crippen LogP contribution in [0.25, 0.3) is 0 Å². The van der Waals surface area contributed by atoms with Crippen LogP contribution in [0.15, 0.2) is 0 Å². The van der Waals surface area contributed by atoms with Gasteiger partial charge in [-0.15, -0.1) is 0 Å². The van der Waals surface area contributed by atoms with Gasteiger partial charge in [-0.2, -0.15) is 0 Å². The summed E-state index contributed by atoms with van der Waals surface area (Å²) in [6.07, 6.45) is 1.68. The molecule has 1 N–H and O–H groups in total. The van der Waals surface area contributed by atoms with Gasteiger partial charge in [0.05, 0.1) is 17.0 Å². The molecule has 0 radical (unpaired) electrons. The third kappa shape index (κ3) is 1.89. The van der Waals surface area contributed by atoms with E-state index in [0.717, 1.165) is 12.8 Å². The lowest BCUT2D eigenvalue weighted by Crippen LogP contribution is -2.42. The van der Waals surface area contributed by atoms with E-state index in [0.29, 0.717) is 0 Å². The largest absolute Gasteiger partial charge is 0.392 e. The maximum Gasteiger partial charge on any atom is 0.0731 e. The number of hydrogen-bond donors (Lipinski definition) is 1. The summed E-state index contributed by atoms with van der Waals surface area (Å²) >= 11 is 1.43. The van der Waals surface area contributed by atoms with E-state index < -0.39 is 0 Å². The Bertz CT molecular complexity index is 140. The lowest BCUT2D eigenvalue weighted by Gasteiger charge is -2.38. The lowest BCUT2D eigenvalue weighted by atomic mass is 9.96. The molecule has 0 bridgehead atoms. The highest BCUT2D eigenvalue weighted by Crippen LogP contribution is 2.40. The third-order valence-electron chi connectivity index (χ3n) is 2.36. The molecule has 1 rings (SSSR count). The van der Waals surface area contributed by atoms with E-state index in [4.69, 9.17) is 4.18 Å². The highest BCUT2D eigenvalue weighted by molar-refractivity contribution is 7.96. The molecule has 0 saturated carbocycles. The summed E-state index contributed by atoms with van der Waals surface area (Å²) < 4.78 is 5.32. The summed E-state index contributed by atoms with van der Waals surface area (Å²) in [5, 5.41) is 9.70.